The first-order valence-electron chi connectivity index (χ1n) is 9.34. The fraction of sp³-hybridized carbons (Fsp3) is 0.474. The van der Waals surface area contributed by atoms with E-state index in [1.807, 2.05) is 0 Å². The molecule has 4 N–H and O–H groups in total. The number of nitrogens with one attached hydrogen (secondary N) is 2. The van der Waals surface area contributed by atoms with Gasteiger partial charge in [-0.25, -0.2) is 13.1 Å². The largest absolute Gasteiger partial charge is 0.369 e. The van der Waals surface area contributed by atoms with E-state index in [9.17, 15) is 18.0 Å². The minimum absolute atomic E-state index is 0.0468. The summed E-state index contributed by atoms with van der Waals surface area (Å²) in [5.74, 6) is -0.756. The quantitative estimate of drug-likeness (QED) is 0.384. The first-order valence-corrected chi connectivity index (χ1v) is 10.8. The number of nitrogens with two attached hydrogens (primary N) is 1. The van der Waals surface area contributed by atoms with Crippen LogP contribution in [0.15, 0.2) is 41.8 Å². The Hall–Kier alpha value is -2.23. The predicted octanol–water partition coefficient (Wildman–Crippen LogP) is 0.468. The molecule has 0 saturated carbocycles. The van der Waals surface area contributed by atoms with Crippen LogP contribution < -0.4 is 15.8 Å². The Morgan fingerprint density at radius 1 is 1.36 bits per heavy atom. The van der Waals surface area contributed by atoms with Gasteiger partial charge in [-0.3, -0.25) is 9.59 Å². The number of likely N-dealkylation sites (tertiary alicyclic amines) is 1. The molecule has 9 heteroatoms. The average Bonchev–Trinajstić information content (AvgIpc) is 2.69. The van der Waals surface area contributed by atoms with Crippen LogP contribution in [0.5, 0.6) is 0 Å². The fourth-order valence-corrected chi connectivity index (χ4v) is 4.27. The van der Waals surface area contributed by atoms with Gasteiger partial charge in [-0.2, -0.15) is 0 Å². The molecule has 1 aromatic carbocycles. The van der Waals surface area contributed by atoms with Crippen molar-refractivity contribution < 1.29 is 18.0 Å². The summed E-state index contributed by atoms with van der Waals surface area (Å²) in [6, 6.07) is 5.90. The lowest BCUT2D eigenvalue weighted by atomic mass is 9.97. The molecule has 0 bridgehead atoms. The molecule has 2 amide bonds. The number of hydrogen-bond donors (Lipinski definition) is 3. The lowest BCUT2D eigenvalue weighted by molar-refractivity contribution is -0.123. The fourth-order valence-electron chi connectivity index (χ4n) is 3.15. The summed E-state index contributed by atoms with van der Waals surface area (Å²) in [6.07, 6.45) is 3.90. The van der Waals surface area contributed by atoms with Crippen LogP contribution in [-0.4, -0.2) is 57.9 Å². The molecule has 1 fully saturated rings. The zero-order chi connectivity index (χ0) is 20.6. The highest BCUT2D eigenvalue weighted by atomic mass is 32.2. The summed E-state index contributed by atoms with van der Waals surface area (Å²) in [6.45, 7) is 6.31. The summed E-state index contributed by atoms with van der Waals surface area (Å²) in [5.41, 5.74) is 5.65. The lowest BCUT2D eigenvalue weighted by Crippen LogP contribution is -2.42. The van der Waals surface area contributed by atoms with Crippen molar-refractivity contribution in [3.05, 3.63) is 42.5 Å². The van der Waals surface area contributed by atoms with E-state index in [1.54, 1.807) is 12.1 Å². The maximum atomic E-state index is 12.5. The average molecular weight is 409 g/mol. The molecule has 8 nitrogen and oxygen atoms in total. The number of hydrogen-bond acceptors (Lipinski definition) is 5. The first kappa shape index (κ1) is 22.1. The highest BCUT2D eigenvalue weighted by molar-refractivity contribution is 7.89. The molecular formula is C19H28N4O4S. The summed E-state index contributed by atoms with van der Waals surface area (Å²) >= 11 is 0. The second-order valence-corrected chi connectivity index (χ2v) is 8.59. The summed E-state index contributed by atoms with van der Waals surface area (Å²) < 4.78 is 27.5. The van der Waals surface area contributed by atoms with Gasteiger partial charge in [0.2, 0.25) is 15.9 Å². The van der Waals surface area contributed by atoms with E-state index >= 15 is 0 Å². The van der Waals surface area contributed by atoms with E-state index in [0.29, 0.717) is 26.1 Å². The van der Waals surface area contributed by atoms with Crippen molar-refractivity contribution in [1.29, 1.82) is 0 Å². The molecule has 28 heavy (non-hydrogen) atoms. The van der Waals surface area contributed by atoms with Gasteiger partial charge in [-0.05, 0) is 50.6 Å². The Morgan fingerprint density at radius 3 is 2.86 bits per heavy atom. The molecule has 0 aliphatic carbocycles. The zero-order valence-corrected chi connectivity index (χ0v) is 16.7. The van der Waals surface area contributed by atoms with E-state index in [0.717, 1.165) is 19.4 Å². The molecule has 2 rings (SSSR count). The summed E-state index contributed by atoms with van der Waals surface area (Å²) in [5, 5.41) is 2.62. The van der Waals surface area contributed by atoms with Crippen molar-refractivity contribution >= 4 is 21.8 Å². The van der Waals surface area contributed by atoms with Crippen LogP contribution in [0.2, 0.25) is 0 Å². The molecule has 1 saturated heterocycles. The maximum Gasteiger partial charge on any atom is 0.251 e. The lowest BCUT2D eigenvalue weighted by Gasteiger charge is -2.31. The summed E-state index contributed by atoms with van der Waals surface area (Å²) in [7, 11) is -3.71. The van der Waals surface area contributed by atoms with E-state index in [1.165, 1.54) is 18.2 Å². The van der Waals surface area contributed by atoms with Crippen molar-refractivity contribution in [3.8, 4) is 0 Å². The van der Waals surface area contributed by atoms with Crippen LogP contribution in [0.3, 0.4) is 0 Å². The van der Waals surface area contributed by atoms with E-state index in [-0.39, 0.29) is 34.7 Å². The minimum Gasteiger partial charge on any atom is -0.369 e. The number of sulfonamides is 1. The van der Waals surface area contributed by atoms with Crippen LogP contribution in [0.4, 0.5) is 0 Å². The van der Waals surface area contributed by atoms with Crippen LogP contribution in [-0.2, 0) is 14.8 Å². The summed E-state index contributed by atoms with van der Waals surface area (Å²) in [4.78, 5) is 25.5. The molecule has 1 aliphatic rings. The molecule has 154 valence electrons. The zero-order valence-electron chi connectivity index (χ0n) is 15.9. The Kier molecular flexibility index (Phi) is 8.16. The standard InChI is InChI=1S/C19H28N4O4S/c1-2-9-21-19(25)15-6-3-8-17(13-15)28(26,27)22-10-5-12-23-11-4-7-16(14-23)18(20)24/h2-3,6,8,13,16,22H,1,4-5,7,9-12,14H2,(H2,20,24)(H,21,25). The molecule has 1 aliphatic heterocycles. The Bertz CT molecular complexity index is 810. The van der Waals surface area contributed by atoms with Crippen LogP contribution in [0, 0.1) is 5.92 Å². The topological polar surface area (TPSA) is 122 Å². The molecular weight excluding hydrogens is 380 g/mol. The molecule has 1 aromatic rings. The van der Waals surface area contributed by atoms with Gasteiger partial charge in [0, 0.05) is 25.2 Å². The Labute approximate surface area is 166 Å². The monoisotopic (exact) mass is 408 g/mol. The third kappa shape index (κ3) is 6.43. The molecule has 0 aromatic heterocycles. The molecule has 1 atom stereocenters. The third-order valence-electron chi connectivity index (χ3n) is 4.66. The smallest absolute Gasteiger partial charge is 0.251 e. The highest BCUT2D eigenvalue weighted by Gasteiger charge is 2.23. The van der Waals surface area contributed by atoms with Crippen LogP contribution in [0.25, 0.3) is 0 Å². The van der Waals surface area contributed by atoms with Gasteiger partial charge in [0.1, 0.15) is 0 Å². The van der Waals surface area contributed by atoms with Crippen molar-refractivity contribution in [2.45, 2.75) is 24.2 Å². The van der Waals surface area contributed by atoms with Gasteiger partial charge in [-0.15, -0.1) is 6.58 Å². The van der Waals surface area contributed by atoms with Crippen molar-refractivity contribution in [3.63, 3.8) is 0 Å². The molecule has 1 unspecified atom stereocenters. The number of nitrogens with zero attached hydrogens (tertiary/aromatic N) is 1. The second-order valence-electron chi connectivity index (χ2n) is 6.82. The van der Waals surface area contributed by atoms with Gasteiger partial charge in [0.25, 0.3) is 5.91 Å². The second kappa shape index (κ2) is 10.4. The van der Waals surface area contributed by atoms with Gasteiger partial charge in [-0.1, -0.05) is 12.1 Å². The van der Waals surface area contributed by atoms with Crippen molar-refractivity contribution in [2.75, 3.05) is 32.7 Å². The SMILES string of the molecule is C=CCNC(=O)c1cccc(S(=O)(=O)NCCCN2CCCC(C(N)=O)C2)c1. The molecule has 1 heterocycles. The van der Waals surface area contributed by atoms with E-state index in [2.05, 4.69) is 21.5 Å². The van der Waals surface area contributed by atoms with Gasteiger partial charge in [0.15, 0.2) is 0 Å². The number of carbonyl (C=O) groups is 2. The van der Waals surface area contributed by atoms with Crippen LogP contribution >= 0.6 is 0 Å². The first-order chi connectivity index (χ1) is 13.3. The molecule has 0 spiro atoms. The maximum absolute atomic E-state index is 12.5. The number of benzene rings is 1. The van der Waals surface area contributed by atoms with E-state index < -0.39 is 10.0 Å². The number of amides is 2. The third-order valence-corrected chi connectivity index (χ3v) is 6.12. The van der Waals surface area contributed by atoms with Crippen molar-refractivity contribution in [2.24, 2.45) is 11.7 Å². The van der Waals surface area contributed by atoms with Crippen LogP contribution in [0.1, 0.15) is 29.6 Å². The number of piperidine rings is 1. The van der Waals surface area contributed by atoms with E-state index in [4.69, 9.17) is 5.73 Å². The number of carbonyl (C=O) groups excluding carboxylic acids is 2. The predicted molar refractivity (Wildman–Crippen MR) is 107 cm³/mol. The van der Waals surface area contributed by atoms with Gasteiger partial charge in [0.05, 0.1) is 10.8 Å². The Morgan fingerprint density at radius 2 is 2.14 bits per heavy atom. The number of primary amides is 1. The van der Waals surface area contributed by atoms with Crippen molar-refractivity contribution in [1.82, 2.24) is 14.9 Å². The molecule has 0 radical (unpaired) electrons. The minimum atomic E-state index is -3.71. The highest BCUT2D eigenvalue weighted by Crippen LogP contribution is 2.16. The Balaban J connectivity index is 1.86. The normalized spacial score (nSPS) is 17.8. The van der Waals surface area contributed by atoms with Gasteiger partial charge < -0.3 is 16.0 Å². The number of rotatable bonds is 10. The van der Waals surface area contributed by atoms with Gasteiger partial charge >= 0.3 is 0 Å².